The molecule has 74 valence electrons. The van der Waals surface area contributed by atoms with Gasteiger partial charge in [-0.15, -0.1) is 0 Å². The topological polar surface area (TPSA) is 59.9 Å². The monoisotopic (exact) mass is 204 g/mol. The third kappa shape index (κ3) is 2.89. The lowest BCUT2D eigenvalue weighted by Gasteiger charge is -2.04. The number of nitrogens with zero attached hydrogens (tertiary/aromatic N) is 1. The average molecular weight is 204 g/mol. The van der Waals surface area contributed by atoms with Crippen LogP contribution in [0.15, 0.2) is 5.16 Å². The van der Waals surface area contributed by atoms with Gasteiger partial charge in [-0.3, -0.25) is 4.84 Å². The van der Waals surface area contributed by atoms with E-state index in [0.29, 0.717) is 5.94 Å². The van der Waals surface area contributed by atoms with Crippen LogP contribution in [0.4, 0.5) is 4.79 Å². The van der Waals surface area contributed by atoms with E-state index in [0.717, 1.165) is 11.5 Å². The second-order valence-electron chi connectivity index (χ2n) is 2.38. The molecule has 0 aromatic heterocycles. The van der Waals surface area contributed by atoms with Crippen LogP contribution < -0.4 is 5.32 Å². The molecule has 1 aliphatic heterocycles. The summed E-state index contributed by atoms with van der Waals surface area (Å²) in [7, 11) is 1.48. The summed E-state index contributed by atoms with van der Waals surface area (Å²) >= 11 is 1.45. The summed E-state index contributed by atoms with van der Waals surface area (Å²) in [5, 5.41) is 6.72. The molecule has 0 bridgehead atoms. The fraction of sp³-hybridized carbons (Fsp3) is 0.714. The van der Waals surface area contributed by atoms with Crippen molar-refractivity contribution in [3.8, 4) is 0 Å². The van der Waals surface area contributed by atoms with Gasteiger partial charge >= 0.3 is 6.09 Å². The molecular formula is C7H12N2O3S. The third-order valence-corrected chi connectivity index (χ3v) is 2.43. The van der Waals surface area contributed by atoms with Crippen molar-refractivity contribution < 1.29 is 14.4 Å². The summed E-state index contributed by atoms with van der Waals surface area (Å²) in [6.45, 7) is 1.99. The van der Waals surface area contributed by atoms with Gasteiger partial charge in [-0.2, -0.15) is 0 Å². The Morgan fingerprint density at radius 2 is 2.69 bits per heavy atom. The van der Waals surface area contributed by atoms with Gasteiger partial charge in [-0.1, -0.05) is 23.8 Å². The minimum Gasteiger partial charge on any atom is -0.360 e. The smallest absolute Gasteiger partial charge is 0.360 e. The maximum Gasteiger partial charge on any atom is 0.433 e. The largest absolute Gasteiger partial charge is 0.433 e. The van der Waals surface area contributed by atoms with E-state index < -0.39 is 6.09 Å². The van der Waals surface area contributed by atoms with E-state index in [9.17, 15) is 4.79 Å². The molecule has 1 aliphatic rings. The lowest BCUT2D eigenvalue weighted by molar-refractivity contribution is 0.137. The molecule has 0 spiro atoms. The Kier molecular flexibility index (Phi) is 4.04. The van der Waals surface area contributed by atoms with Gasteiger partial charge in [0.1, 0.15) is 11.1 Å². The summed E-state index contributed by atoms with van der Waals surface area (Å²) in [5.41, 5.74) is 0. The quantitative estimate of drug-likeness (QED) is 0.541. The summed E-state index contributed by atoms with van der Waals surface area (Å²) in [5.74, 6) is 0.578. The molecule has 1 atom stereocenters. The van der Waals surface area contributed by atoms with E-state index in [2.05, 4.69) is 15.3 Å². The number of carbonyl (C=O) groups excluding carboxylic acids is 1. The highest BCUT2D eigenvalue weighted by Crippen LogP contribution is 2.22. The van der Waals surface area contributed by atoms with Gasteiger partial charge in [0.25, 0.3) is 0 Å². The lowest BCUT2D eigenvalue weighted by atomic mass is 10.3. The van der Waals surface area contributed by atoms with Crippen LogP contribution in [-0.2, 0) is 9.57 Å². The van der Waals surface area contributed by atoms with Crippen molar-refractivity contribution in [2.45, 2.75) is 19.4 Å². The Hall–Kier alpha value is -0.750. The summed E-state index contributed by atoms with van der Waals surface area (Å²) in [4.78, 5) is 15.2. The van der Waals surface area contributed by atoms with Gasteiger partial charge in [-0.25, -0.2) is 4.79 Å². The Balaban J connectivity index is 2.45. The lowest BCUT2D eigenvalue weighted by Crippen LogP contribution is -2.19. The molecule has 6 heteroatoms. The van der Waals surface area contributed by atoms with Crippen LogP contribution in [0.25, 0.3) is 0 Å². The molecule has 1 rings (SSSR count). The van der Waals surface area contributed by atoms with Crippen molar-refractivity contribution in [1.29, 1.82) is 0 Å². The number of hydrogen-bond donors (Lipinski definition) is 1. The summed E-state index contributed by atoms with van der Waals surface area (Å²) in [6.07, 6.45) is 0.257. The molecule has 1 N–H and O–H groups in total. The molecule has 1 fully saturated rings. The number of hydrogen-bond acceptors (Lipinski definition) is 5. The predicted molar refractivity (Wildman–Crippen MR) is 50.6 cm³/mol. The highest BCUT2D eigenvalue weighted by atomic mass is 32.2. The van der Waals surface area contributed by atoms with Gasteiger partial charge in [-0.05, 0) is 6.42 Å². The molecule has 0 saturated carbocycles. The average Bonchev–Trinajstić information content (AvgIpc) is 2.61. The van der Waals surface area contributed by atoms with Crippen molar-refractivity contribution in [2.75, 3.05) is 13.0 Å². The Morgan fingerprint density at radius 1 is 1.92 bits per heavy atom. The normalized spacial score (nSPS) is 24.8. The molecule has 1 saturated heterocycles. The maximum absolute atomic E-state index is 10.7. The van der Waals surface area contributed by atoms with Gasteiger partial charge in [0, 0.05) is 7.05 Å². The Morgan fingerprint density at radius 3 is 3.31 bits per heavy atom. The number of oxime groups is 1. The third-order valence-electron chi connectivity index (χ3n) is 1.54. The van der Waals surface area contributed by atoms with E-state index in [1.165, 1.54) is 18.8 Å². The minimum absolute atomic E-state index is 0.0188. The maximum atomic E-state index is 10.7. The number of ether oxygens (including phenoxy) is 1. The second-order valence-corrected chi connectivity index (χ2v) is 3.33. The number of nitrogens with one attached hydrogen (secondary N) is 1. The second kappa shape index (κ2) is 5.08. The first kappa shape index (κ1) is 10.3. The van der Waals surface area contributed by atoms with Crippen molar-refractivity contribution in [3.63, 3.8) is 0 Å². The van der Waals surface area contributed by atoms with Crippen LogP contribution in [0, 0.1) is 0 Å². The first-order chi connectivity index (χ1) is 6.27. The fourth-order valence-corrected chi connectivity index (χ4v) is 1.71. The number of amides is 1. The van der Waals surface area contributed by atoms with Crippen LogP contribution in [0.5, 0.6) is 0 Å². The van der Waals surface area contributed by atoms with Crippen molar-refractivity contribution >= 4 is 22.9 Å². The number of rotatable bonds is 2. The highest BCUT2D eigenvalue weighted by Gasteiger charge is 2.23. The SMILES string of the molecule is CCC1OCSC1=NOC(=O)NC. The zero-order valence-corrected chi connectivity index (χ0v) is 8.39. The van der Waals surface area contributed by atoms with Crippen LogP contribution in [0.3, 0.4) is 0 Å². The van der Waals surface area contributed by atoms with E-state index in [1.807, 2.05) is 6.92 Å². The minimum atomic E-state index is -0.560. The molecule has 1 unspecified atom stereocenters. The molecule has 0 radical (unpaired) electrons. The number of carbonyl (C=O) groups is 1. The van der Waals surface area contributed by atoms with Gasteiger partial charge in [0.15, 0.2) is 0 Å². The first-order valence-electron chi connectivity index (χ1n) is 3.99. The van der Waals surface area contributed by atoms with E-state index in [4.69, 9.17) is 4.74 Å². The molecule has 0 aromatic carbocycles. The Bertz CT molecular complexity index is 220. The molecule has 1 heterocycles. The van der Waals surface area contributed by atoms with Gasteiger partial charge in [0.05, 0.1) is 5.94 Å². The van der Waals surface area contributed by atoms with Gasteiger partial charge in [0.2, 0.25) is 0 Å². The summed E-state index contributed by atoms with van der Waals surface area (Å²) in [6, 6.07) is 0. The van der Waals surface area contributed by atoms with Crippen molar-refractivity contribution in [1.82, 2.24) is 5.32 Å². The molecule has 0 aliphatic carbocycles. The van der Waals surface area contributed by atoms with E-state index >= 15 is 0 Å². The highest BCUT2D eigenvalue weighted by molar-refractivity contribution is 8.14. The molecule has 13 heavy (non-hydrogen) atoms. The Labute approximate surface area is 80.8 Å². The number of thioether (sulfide) groups is 1. The van der Waals surface area contributed by atoms with Crippen LogP contribution >= 0.6 is 11.8 Å². The van der Waals surface area contributed by atoms with Crippen LogP contribution in [0.1, 0.15) is 13.3 Å². The zero-order chi connectivity index (χ0) is 9.68. The molecular weight excluding hydrogens is 192 g/mol. The molecule has 1 amide bonds. The zero-order valence-electron chi connectivity index (χ0n) is 7.57. The summed E-state index contributed by atoms with van der Waals surface area (Å²) < 4.78 is 5.30. The molecule has 5 nitrogen and oxygen atoms in total. The van der Waals surface area contributed by atoms with Crippen LogP contribution in [0.2, 0.25) is 0 Å². The first-order valence-corrected chi connectivity index (χ1v) is 4.97. The fourth-order valence-electron chi connectivity index (χ4n) is 0.850. The van der Waals surface area contributed by atoms with E-state index in [1.54, 1.807) is 0 Å². The van der Waals surface area contributed by atoms with Crippen molar-refractivity contribution in [3.05, 3.63) is 0 Å². The molecule has 0 aromatic rings. The van der Waals surface area contributed by atoms with Crippen LogP contribution in [-0.4, -0.2) is 30.2 Å². The predicted octanol–water partition coefficient (Wildman–Crippen LogP) is 1.16. The van der Waals surface area contributed by atoms with Crippen molar-refractivity contribution in [2.24, 2.45) is 5.16 Å². The van der Waals surface area contributed by atoms with Gasteiger partial charge < -0.3 is 10.1 Å². The standard InChI is InChI=1S/C7H12N2O3S/c1-3-5-6(13-4-11-5)9-12-7(10)8-2/h5H,3-4H2,1-2H3,(H,8,10). The van der Waals surface area contributed by atoms with E-state index in [-0.39, 0.29) is 6.10 Å².